The van der Waals surface area contributed by atoms with Crippen LogP contribution < -0.4 is 5.69 Å². The highest BCUT2D eigenvalue weighted by Crippen LogP contribution is 2.59. The normalized spacial score (nSPS) is 21.3. The molecule has 0 aliphatic carbocycles. The molecule has 0 amide bonds. The monoisotopic (exact) mass is 443 g/mol. The Labute approximate surface area is 174 Å². The van der Waals surface area contributed by atoms with Gasteiger partial charge in [-0.3, -0.25) is 14.1 Å². The molecule has 2 rings (SSSR count). The maximum atomic E-state index is 12.2. The zero-order chi connectivity index (χ0) is 21.6. The van der Waals surface area contributed by atoms with Crippen molar-refractivity contribution in [1.82, 2.24) is 9.55 Å². The summed E-state index contributed by atoms with van der Waals surface area (Å²) in [5, 5.41) is 0. The lowest BCUT2D eigenvalue weighted by Gasteiger charge is -2.18. The third-order valence-electron chi connectivity index (χ3n) is 4.16. The van der Waals surface area contributed by atoms with Gasteiger partial charge in [-0.05, 0) is 32.4 Å². The summed E-state index contributed by atoms with van der Waals surface area (Å²) in [5.41, 5.74) is -0.0213. The zero-order valence-electron chi connectivity index (χ0n) is 16.4. The largest absolute Gasteiger partial charge is 0.619 e. The minimum absolute atomic E-state index is 0.0143. The van der Waals surface area contributed by atoms with Crippen LogP contribution in [0.4, 0.5) is 0 Å². The summed E-state index contributed by atoms with van der Waals surface area (Å²) in [6, 6.07) is 0. The van der Waals surface area contributed by atoms with Crippen molar-refractivity contribution in [3.8, 4) is 12.3 Å². The summed E-state index contributed by atoms with van der Waals surface area (Å²) in [4.78, 5) is 25.2. The van der Waals surface area contributed by atoms with Crippen LogP contribution in [-0.4, -0.2) is 41.4 Å². The number of methoxy groups -OCH3 is 1. The van der Waals surface area contributed by atoms with Gasteiger partial charge in [0.25, 0.3) is 0 Å². The molecule has 1 aliphatic heterocycles. The van der Waals surface area contributed by atoms with E-state index in [1.165, 1.54) is 25.0 Å². The molecule has 3 unspecified atom stereocenters. The van der Waals surface area contributed by atoms with E-state index >= 15 is 0 Å². The number of aromatic amines is 1. The number of nitrogens with zero attached hydrogens (tertiary/aromatic N) is 1. The van der Waals surface area contributed by atoms with Crippen LogP contribution in [0.5, 0.6) is 0 Å². The number of H-pyrrole nitrogens is 1. The van der Waals surface area contributed by atoms with E-state index in [2.05, 4.69) is 17.5 Å². The van der Waals surface area contributed by atoms with Crippen LogP contribution in [-0.2, 0) is 23.0 Å². The molecule has 0 aromatic carbocycles. The molecule has 0 saturated carbocycles. The SMILES string of the molecule is C#Cc1cn(C2CCC(CO[P+](O)(OC)OC(=C)/C(=C\C)OC)O2)c(=O)[nH]c1=S. The quantitative estimate of drug-likeness (QED) is 0.197. The summed E-state index contributed by atoms with van der Waals surface area (Å²) in [5.74, 6) is 2.84. The van der Waals surface area contributed by atoms with Crippen molar-refractivity contribution in [1.29, 1.82) is 0 Å². The summed E-state index contributed by atoms with van der Waals surface area (Å²) >= 11 is 5.02. The molecule has 0 bridgehead atoms. The molecule has 0 radical (unpaired) electrons. The van der Waals surface area contributed by atoms with Crippen LogP contribution in [0.1, 0.15) is 31.6 Å². The minimum Gasteiger partial charge on any atom is -0.493 e. The van der Waals surface area contributed by atoms with Crippen LogP contribution in [0.25, 0.3) is 0 Å². The van der Waals surface area contributed by atoms with Crippen molar-refractivity contribution in [2.75, 3.05) is 20.8 Å². The van der Waals surface area contributed by atoms with Crippen molar-refractivity contribution in [3.05, 3.63) is 51.1 Å². The molecule has 1 fully saturated rings. The van der Waals surface area contributed by atoms with Gasteiger partial charge in [0.2, 0.25) is 5.76 Å². The second kappa shape index (κ2) is 10.2. The van der Waals surface area contributed by atoms with E-state index in [4.69, 9.17) is 41.7 Å². The van der Waals surface area contributed by atoms with E-state index in [9.17, 15) is 9.69 Å². The third-order valence-corrected chi connectivity index (χ3v) is 5.87. The van der Waals surface area contributed by atoms with Crippen molar-refractivity contribution in [3.63, 3.8) is 0 Å². The van der Waals surface area contributed by atoms with E-state index in [0.717, 1.165) is 0 Å². The van der Waals surface area contributed by atoms with Crippen molar-refractivity contribution in [2.45, 2.75) is 32.1 Å². The molecule has 0 spiro atoms. The average Bonchev–Trinajstić information content (AvgIpc) is 3.16. The first-order valence-corrected chi connectivity index (χ1v) is 10.6. The number of hydrogen-bond donors (Lipinski definition) is 2. The lowest BCUT2D eigenvalue weighted by Crippen LogP contribution is -2.28. The average molecular weight is 443 g/mol. The standard InChI is InChI=1S/C18H23N2O7PS/c1-6-13-10-20(18(21)19-17(13)29)16-9-8-14(26-16)11-25-28(22,24-5)27-12(3)15(7-2)23-4/h1,7,10,14,16,22H,3,8-9,11H2,2,4-5H3/p+1/b15-7+. The second-order valence-corrected chi connectivity index (χ2v) is 8.11. The number of allylic oxidation sites excluding steroid dienone is 1. The molecule has 1 saturated heterocycles. The summed E-state index contributed by atoms with van der Waals surface area (Å²) in [6.45, 7) is 5.41. The Morgan fingerprint density at radius 1 is 1.59 bits per heavy atom. The molecule has 1 aromatic heterocycles. The molecule has 1 aromatic rings. The molecule has 1 aliphatic rings. The smallest absolute Gasteiger partial charge is 0.493 e. The van der Waals surface area contributed by atoms with E-state index in [1.54, 1.807) is 13.0 Å². The first-order chi connectivity index (χ1) is 13.8. The molecular weight excluding hydrogens is 419 g/mol. The third kappa shape index (κ3) is 5.76. The van der Waals surface area contributed by atoms with Crippen molar-refractivity contribution >= 4 is 20.4 Å². The van der Waals surface area contributed by atoms with Gasteiger partial charge in [0.05, 0.1) is 25.9 Å². The highest BCUT2D eigenvalue weighted by Gasteiger charge is 2.47. The number of hydrogen-bond acceptors (Lipinski definition) is 8. The van der Waals surface area contributed by atoms with Gasteiger partial charge in [0.15, 0.2) is 5.76 Å². The molecule has 2 heterocycles. The Hall–Kier alpha value is -1.99. The van der Waals surface area contributed by atoms with Crippen LogP contribution >= 0.6 is 20.4 Å². The van der Waals surface area contributed by atoms with Gasteiger partial charge in [-0.25, -0.2) is 4.79 Å². The fourth-order valence-corrected chi connectivity index (χ4v) is 3.84. The lowest BCUT2D eigenvalue weighted by atomic mass is 10.2. The van der Waals surface area contributed by atoms with Crippen LogP contribution in [0, 0.1) is 17.0 Å². The summed E-state index contributed by atoms with van der Waals surface area (Å²) in [6.07, 6.45) is 8.71. The second-order valence-electron chi connectivity index (χ2n) is 5.96. The van der Waals surface area contributed by atoms with Crippen LogP contribution in [0.15, 0.2) is 35.2 Å². The van der Waals surface area contributed by atoms with Crippen molar-refractivity contribution < 1.29 is 27.9 Å². The van der Waals surface area contributed by atoms with E-state index in [-0.39, 0.29) is 17.0 Å². The first-order valence-electron chi connectivity index (χ1n) is 8.65. The van der Waals surface area contributed by atoms with Gasteiger partial charge in [-0.1, -0.05) is 18.1 Å². The summed E-state index contributed by atoms with van der Waals surface area (Å²) < 4.78 is 28.3. The Kier molecular flexibility index (Phi) is 8.16. The van der Waals surface area contributed by atoms with Gasteiger partial charge in [-0.15, -0.1) is 15.5 Å². The van der Waals surface area contributed by atoms with Gasteiger partial charge in [0, 0.05) is 6.20 Å². The predicted molar refractivity (Wildman–Crippen MR) is 110 cm³/mol. The zero-order valence-corrected chi connectivity index (χ0v) is 18.1. The molecule has 2 N–H and O–H groups in total. The summed E-state index contributed by atoms with van der Waals surface area (Å²) in [7, 11) is -0.967. The highest BCUT2D eigenvalue weighted by molar-refractivity contribution is 7.71. The fraction of sp³-hybridized carbons (Fsp3) is 0.444. The number of rotatable bonds is 9. The van der Waals surface area contributed by atoms with Gasteiger partial charge < -0.3 is 9.47 Å². The molecule has 29 heavy (non-hydrogen) atoms. The van der Waals surface area contributed by atoms with E-state index in [0.29, 0.717) is 24.2 Å². The minimum atomic E-state index is -3.67. The van der Waals surface area contributed by atoms with Crippen LogP contribution in [0.2, 0.25) is 0 Å². The number of aromatic nitrogens is 2. The Bertz CT molecular complexity index is 935. The fourth-order valence-electron chi connectivity index (χ4n) is 2.69. The Morgan fingerprint density at radius 2 is 2.31 bits per heavy atom. The molecule has 3 atom stereocenters. The predicted octanol–water partition coefficient (Wildman–Crippen LogP) is 2.98. The van der Waals surface area contributed by atoms with E-state index < -0.39 is 26.2 Å². The van der Waals surface area contributed by atoms with Gasteiger partial charge in [0.1, 0.15) is 17.5 Å². The van der Waals surface area contributed by atoms with Gasteiger partial charge in [-0.2, -0.15) is 4.89 Å². The number of ether oxygens (including phenoxy) is 2. The van der Waals surface area contributed by atoms with Crippen molar-refractivity contribution in [2.24, 2.45) is 0 Å². The molecule has 11 heteroatoms. The van der Waals surface area contributed by atoms with Gasteiger partial charge >= 0.3 is 13.9 Å². The lowest BCUT2D eigenvalue weighted by molar-refractivity contribution is -0.0293. The molecule has 9 nitrogen and oxygen atoms in total. The molecular formula is C18H24N2O7PS+. The Balaban J connectivity index is 2.01. The maximum Gasteiger partial charge on any atom is 0.619 e. The van der Waals surface area contributed by atoms with Crippen LogP contribution in [0.3, 0.4) is 0 Å². The number of nitrogens with one attached hydrogen (secondary N) is 1. The van der Waals surface area contributed by atoms with E-state index in [1.807, 2.05) is 0 Å². The highest BCUT2D eigenvalue weighted by atomic mass is 32.1. The number of terminal acetylenes is 1. The first kappa shape index (κ1) is 23.3. The maximum absolute atomic E-state index is 12.2. The topological polar surface area (TPSA) is 104 Å². The Morgan fingerprint density at radius 3 is 2.90 bits per heavy atom. The molecule has 158 valence electrons.